The van der Waals surface area contributed by atoms with Gasteiger partial charge in [-0.05, 0) is 0 Å². The molecule has 0 atom stereocenters. The Labute approximate surface area is 90.5 Å². The van der Waals surface area contributed by atoms with E-state index in [2.05, 4.69) is 5.73 Å². The molecule has 0 aliphatic heterocycles. The van der Waals surface area contributed by atoms with Crippen molar-refractivity contribution in [3.8, 4) is 0 Å². The van der Waals surface area contributed by atoms with E-state index in [1.807, 2.05) is 0 Å². The van der Waals surface area contributed by atoms with Gasteiger partial charge in [0.05, 0.1) is 6.34 Å². The third-order valence-corrected chi connectivity index (χ3v) is 0. The van der Waals surface area contributed by atoms with Crippen LogP contribution in [0.25, 0.3) is 0 Å². The summed E-state index contributed by atoms with van der Waals surface area (Å²) in [4.78, 5) is 0. The van der Waals surface area contributed by atoms with E-state index in [-0.39, 0.29) is 73.5 Å². The number of hydrogen-bond acceptors (Lipinski definition) is 1. The summed E-state index contributed by atoms with van der Waals surface area (Å²) in [7, 11) is 0. The van der Waals surface area contributed by atoms with E-state index < -0.39 is 0 Å². The number of nitrogens with two attached hydrogens (primary N) is 1. The average molecular weight is 305 g/mol. The summed E-state index contributed by atoms with van der Waals surface area (Å²) in [5.41, 5.74) is 4.39. The predicted octanol–water partition coefficient (Wildman–Crippen LogP) is -12.8. The Bertz CT molecular complexity index is 21.5. The summed E-state index contributed by atoms with van der Waals surface area (Å²) in [6.07, 6.45) is 0.750. The number of hydrogen-bond donors (Lipinski definition) is 2. The molecule has 0 saturated carbocycles. The van der Waals surface area contributed by atoms with Crippen LogP contribution in [0.5, 0.6) is 0 Å². The first-order valence-electron chi connectivity index (χ1n) is 0.622. The standard InChI is InChI=1S/CH4N2.4ClH.Sn/c2-1-3;;;;;/h1H,(H3,2,3);4*1H;/q;;;;;+4/p-4. The molecular weight excluding hydrogens is 301 g/mol. The molecule has 0 fully saturated rings. The molecule has 3 N–H and O–H groups in total. The first kappa shape index (κ1) is 57.0. The van der Waals surface area contributed by atoms with Gasteiger partial charge in [0.2, 0.25) is 0 Å². The van der Waals surface area contributed by atoms with Crippen molar-refractivity contribution in [1.29, 1.82) is 5.41 Å². The Balaban J connectivity index is -0.00000000200. The summed E-state index contributed by atoms with van der Waals surface area (Å²) < 4.78 is 0. The molecule has 0 bridgehead atoms. The fraction of sp³-hybridized carbons (Fsp3) is 0. The Morgan fingerprint density at radius 1 is 1.00 bits per heavy atom. The van der Waals surface area contributed by atoms with E-state index in [0.717, 1.165) is 6.34 Å². The molecule has 0 aromatic carbocycles. The topological polar surface area (TPSA) is 49.9 Å². The summed E-state index contributed by atoms with van der Waals surface area (Å²) in [6.45, 7) is 0. The Morgan fingerprint density at radius 2 is 1.00 bits per heavy atom. The first-order chi connectivity index (χ1) is 1.41. The maximum atomic E-state index is 5.86. The van der Waals surface area contributed by atoms with Crippen LogP contribution >= 0.6 is 0 Å². The van der Waals surface area contributed by atoms with Crippen LogP contribution in [0, 0.1) is 5.41 Å². The molecule has 0 rings (SSSR count). The van der Waals surface area contributed by atoms with Gasteiger partial charge in [-0.15, -0.1) is 0 Å². The molecule has 0 saturated heterocycles. The van der Waals surface area contributed by atoms with E-state index in [4.69, 9.17) is 5.41 Å². The van der Waals surface area contributed by atoms with Gasteiger partial charge in [0.1, 0.15) is 0 Å². The maximum absolute atomic E-state index is 5.86. The second-order valence-corrected chi connectivity index (χ2v) is 0.167. The maximum Gasteiger partial charge on any atom is 4.00 e. The number of nitrogens with one attached hydrogen (secondary N) is 1. The Morgan fingerprint density at radius 3 is 1.00 bits per heavy atom. The fourth-order valence-electron chi connectivity index (χ4n) is 0. The van der Waals surface area contributed by atoms with Gasteiger partial charge >= 0.3 is 23.9 Å². The van der Waals surface area contributed by atoms with Gasteiger partial charge in [-0.1, -0.05) is 0 Å². The van der Waals surface area contributed by atoms with Gasteiger partial charge in [-0.2, -0.15) is 0 Å². The van der Waals surface area contributed by atoms with Crippen LogP contribution in [0.15, 0.2) is 0 Å². The zero-order chi connectivity index (χ0) is 2.71. The van der Waals surface area contributed by atoms with Crippen molar-refractivity contribution in [3.05, 3.63) is 0 Å². The molecule has 7 heteroatoms. The van der Waals surface area contributed by atoms with E-state index in [9.17, 15) is 0 Å². The van der Waals surface area contributed by atoms with Crippen LogP contribution in [0.2, 0.25) is 0 Å². The van der Waals surface area contributed by atoms with Crippen molar-refractivity contribution in [1.82, 2.24) is 0 Å². The second-order valence-electron chi connectivity index (χ2n) is 0.167. The molecule has 8 heavy (non-hydrogen) atoms. The molecule has 0 aliphatic carbocycles. The van der Waals surface area contributed by atoms with Crippen LogP contribution < -0.4 is 55.4 Å². The first-order valence-corrected chi connectivity index (χ1v) is 0.622. The van der Waals surface area contributed by atoms with E-state index in [1.54, 1.807) is 0 Å². The van der Waals surface area contributed by atoms with Crippen LogP contribution in [-0.2, 0) is 0 Å². The second kappa shape index (κ2) is 78.9. The molecular formula is CH4Cl4N2Sn. The summed E-state index contributed by atoms with van der Waals surface area (Å²) >= 11 is 0. The summed E-state index contributed by atoms with van der Waals surface area (Å²) in [5.74, 6) is 0. The van der Waals surface area contributed by atoms with Crippen molar-refractivity contribution < 1.29 is 49.6 Å². The number of rotatable bonds is 0. The molecule has 0 amide bonds. The molecule has 50 valence electrons. The third-order valence-electron chi connectivity index (χ3n) is 0. The molecule has 0 aliphatic rings. The molecule has 0 heterocycles. The van der Waals surface area contributed by atoms with Crippen LogP contribution in [0.1, 0.15) is 0 Å². The van der Waals surface area contributed by atoms with Gasteiger partial charge in [0, 0.05) is 0 Å². The van der Waals surface area contributed by atoms with Crippen LogP contribution in [0.4, 0.5) is 0 Å². The normalized spacial score (nSPS) is 1.50. The zero-order valence-electron chi connectivity index (χ0n) is 3.67. The monoisotopic (exact) mass is 304 g/mol. The molecule has 0 spiro atoms. The minimum absolute atomic E-state index is 0. The third kappa shape index (κ3) is 150. The minimum atomic E-state index is 0. The predicted molar refractivity (Wildman–Crippen MR) is 18.7 cm³/mol. The summed E-state index contributed by atoms with van der Waals surface area (Å²) in [5, 5.41) is 5.86. The van der Waals surface area contributed by atoms with Gasteiger partial charge in [-0.3, -0.25) is 5.41 Å². The van der Waals surface area contributed by atoms with Gasteiger partial charge in [0.15, 0.2) is 0 Å². The van der Waals surface area contributed by atoms with Gasteiger partial charge < -0.3 is 55.4 Å². The van der Waals surface area contributed by atoms with E-state index in [1.165, 1.54) is 0 Å². The largest absolute Gasteiger partial charge is 4.00 e. The molecule has 2 nitrogen and oxygen atoms in total. The van der Waals surface area contributed by atoms with E-state index >= 15 is 0 Å². The van der Waals surface area contributed by atoms with Gasteiger partial charge in [-0.25, -0.2) is 0 Å². The van der Waals surface area contributed by atoms with E-state index in [0.29, 0.717) is 0 Å². The summed E-state index contributed by atoms with van der Waals surface area (Å²) in [6, 6.07) is 0. The van der Waals surface area contributed by atoms with Crippen molar-refractivity contribution in [2.45, 2.75) is 0 Å². The zero-order valence-corrected chi connectivity index (χ0v) is 9.54. The Hall–Kier alpha value is 1.43. The minimum Gasteiger partial charge on any atom is -1.00 e. The SMILES string of the molecule is N=CN.[Cl-].[Cl-].[Cl-].[Cl-].[Sn+4]. The van der Waals surface area contributed by atoms with Gasteiger partial charge in [0.25, 0.3) is 0 Å². The quantitative estimate of drug-likeness (QED) is 0.261. The van der Waals surface area contributed by atoms with Crippen LogP contribution in [-0.4, -0.2) is 30.2 Å². The number of halogens is 4. The van der Waals surface area contributed by atoms with Crippen LogP contribution in [0.3, 0.4) is 0 Å². The molecule has 0 unspecified atom stereocenters. The van der Waals surface area contributed by atoms with Crippen molar-refractivity contribution in [3.63, 3.8) is 0 Å². The smallest absolute Gasteiger partial charge is 1.00 e. The van der Waals surface area contributed by atoms with Crippen molar-refractivity contribution in [2.75, 3.05) is 0 Å². The average Bonchev–Trinajstić information content (AvgIpc) is 0.918. The van der Waals surface area contributed by atoms with Crippen molar-refractivity contribution in [2.24, 2.45) is 5.73 Å². The fourth-order valence-corrected chi connectivity index (χ4v) is 0. The molecule has 0 aromatic rings. The molecule has 0 aromatic heterocycles. The van der Waals surface area contributed by atoms with Crippen molar-refractivity contribution >= 4 is 30.2 Å². The Kier molecular flexibility index (Phi) is 562. The molecule has 0 radical (unpaired) electrons.